The normalized spacial score (nSPS) is 13.4. The fourth-order valence-corrected chi connectivity index (χ4v) is 9.17. The standard InChI is InChI=1S/C45H32N2S/c1-45(2)39-17-9-6-14-33(39)36-26-30(20-23-40(36)45)46(29-12-4-3-5-13-29)31-21-24-43-37(27-31)38-28-32(22-25-44(38)48-43)47-41-18-10-7-15-34(41)35-16-8-11-19-42(35)47/h3-28H,1-2H3. The molecule has 3 heteroatoms. The summed E-state index contributed by atoms with van der Waals surface area (Å²) in [5.74, 6) is 0. The van der Waals surface area contributed by atoms with Gasteiger partial charge in [-0.2, -0.15) is 0 Å². The zero-order valence-corrected chi connectivity index (χ0v) is 27.6. The average molecular weight is 633 g/mol. The first-order valence-electron chi connectivity index (χ1n) is 16.6. The number of fused-ring (bicyclic) bond motifs is 9. The van der Waals surface area contributed by atoms with Crippen molar-refractivity contribution in [1.82, 2.24) is 4.57 Å². The molecule has 9 aromatic rings. The molecule has 0 atom stereocenters. The summed E-state index contributed by atoms with van der Waals surface area (Å²) >= 11 is 1.87. The van der Waals surface area contributed by atoms with Gasteiger partial charge in [-0.1, -0.05) is 98.8 Å². The van der Waals surface area contributed by atoms with Crippen LogP contribution in [0.3, 0.4) is 0 Å². The Morgan fingerprint density at radius 2 is 1.04 bits per heavy atom. The maximum absolute atomic E-state index is 2.41. The van der Waals surface area contributed by atoms with E-state index in [9.17, 15) is 0 Å². The highest BCUT2D eigenvalue weighted by atomic mass is 32.1. The van der Waals surface area contributed by atoms with Crippen LogP contribution in [-0.4, -0.2) is 4.57 Å². The fourth-order valence-electron chi connectivity index (χ4n) is 8.10. The molecule has 2 aromatic heterocycles. The minimum absolute atomic E-state index is 0.0232. The smallest absolute Gasteiger partial charge is 0.0541 e. The van der Waals surface area contributed by atoms with Gasteiger partial charge < -0.3 is 9.47 Å². The molecule has 0 amide bonds. The SMILES string of the molecule is CC1(C)c2ccccc2-c2cc(N(c3ccccc3)c3ccc4sc5ccc(-n6c7ccccc7c7ccccc76)cc5c4c3)ccc21. The zero-order valence-electron chi connectivity index (χ0n) is 26.8. The Morgan fingerprint density at radius 1 is 0.458 bits per heavy atom. The lowest BCUT2D eigenvalue weighted by Crippen LogP contribution is -2.15. The predicted molar refractivity (Wildman–Crippen MR) is 206 cm³/mol. The van der Waals surface area contributed by atoms with E-state index in [-0.39, 0.29) is 5.41 Å². The van der Waals surface area contributed by atoms with E-state index in [0.717, 1.165) is 17.1 Å². The Balaban J connectivity index is 1.17. The van der Waals surface area contributed by atoms with E-state index >= 15 is 0 Å². The van der Waals surface area contributed by atoms with Crippen molar-refractivity contribution in [3.63, 3.8) is 0 Å². The second-order valence-corrected chi connectivity index (χ2v) is 14.5. The molecule has 2 heterocycles. The topological polar surface area (TPSA) is 8.17 Å². The third-order valence-electron chi connectivity index (χ3n) is 10.4. The van der Waals surface area contributed by atoms with Crippen LogP contribution in [0.1, 0.15) is 25.0 Å². The minimum atomic E-state index is -0.0232. The summed E-state index contributed by atoms with van der Waals surface area (Å²) in [4.78, 5) is 2.41. The summed E-state index contributed by atoms with van der Waals surface area (Å²) in [6.45, 7) is 4.69. The van der Waals surface area contributed by atoms with Crippen molar-refractivity contribution in [3.8, 4) is 16.8 Å². The van der Waals surface area contributed by atoms with Gasteiger partial charge in [0.05, 0.1) is 11.0 Å². The lowest BCUT2D eigenvalue weighted by atomic mass is 9.82. The van der Waals surface area contributed by atoms with Gasteiger partial charge in [-0.3, -0.25) is 0 Å². The maximum atomic E-state index is 2.41. The van der Waals surface area contributed by atoms with Gasteiger partial charge in [0, 0.05) is 59.1 Å². The largest absolute Gasteiger partial charge is 0.310 e. The molecule has 228 valence electrons. The minimum Gasteiger partial charge on any atom is -0.310 e. The number of anilines is 3. The molecule has 0 bridgehead atoms. The fraction of sp³-hybridized carbons (Fsp3) is 0.0667. The summed E-state index contributed by atoms with van der Waals surface area (Å²) in [6, 6.07) is 58.1. The molecule has 0 saturated carbocycles. The highest BCUT2D eigenvalue weighted by Gasteiger charge is 2.35. The van der Waals surface area contributed by atoms with E-state index in [2.05, 4.69) is 181 Å². The Morgan fingerprint density at radius 3 is 1.81 bits per heavy atom. The summed E-state index contributed by atoms with van der Waals surface area (Å²) in [7, 11) is 0. The van der Waals surface area contributed by atoms with Crippen molar-refractivity contribution < 1.29 is 0 Å². The first-order valence-corrected chi connectivity index (χ1v) is 17.4. The van der Waals surface area contributed by atoms with E-state index < -0.39 is 0 Å². The van der Waals surface area contributed by atoms with Crippen LogP contribution in [-0.2, 0) is 5.41 Å². The molecule has 0 aliphatic heterocycles. The molecule has 10 rings (SSSR count). The van der Waals surface area contributed by atoms with Gasteiger partial charge in [-0.05, 0) is 95.1 Å². The zero-order chi connectivity index (χ0) is 32.0. The van der Waals surface area contributed by atoms with Crippen molar-refractivity contribution >= 4 is 70.4 Å². The molecule has 7 aromatic carbocycles. The van der Waals surface area contributed by atoms with Crippen LogP contribution in [0.25, 0.3) is 58.8 Å². The van der Waals surface area contributed by atoms with Gasteiger partial charge in [0.15, 0.2) is 0 Å². The lowest BCUT2D eigenvalue weighted by Gasteiger charge is -2.27. The van der Waals surface area contributed by atoms with Crippen molar-refractivity contribution in [1.29, 1.82) is 0 Å². The Kier molecular flexibility index (Phi) is 5.82. The van der Waals surface area contributed by atoms with Crippen LogP contribution < -0.4 is 4.90 Å². The lowest BCUT2D eigenvalue weighted by molar-refractivity contribution is 0.660. The number of nitrogens with zero attached hydrogens (tertiary/aromatic N) is 2. The summed E-state index contributed by atoms with van der Waals surface area (Å²) < 4.78 is 5.01. The van der Waals surface area contributed by atoms with Gasteiger partial charge in [-0.25, -0.2) is 0 Å². The quantitative estimate of drug-likeness (QED) is 0.187. The van der Waals surface area contributed by atoms with Crippen LogP contribution in [0.5, 0.6) is 0 Å². The number of rotatable bonds is 4. The Bertz CT molecular complexity index is 2660. The van der Waals surface area contributed by atoms with Gasteiger partial charge in [-0.15, -0.1) is 11.3 Å². The summed E-state index contributed by atoms with van der Waals surface area (Å²) in [5, 5.41) is 5.13. The Hall–Kier alpha value is -5.64. The third kappa shape index (κ3) is 3.92. The average Bonchev–Trinajstić information content (AvgIpc) is 3.74. The number of hydrogen-bond donors (Lipinski definition) is 0. The van der Waals surface area contributed by atoms with Gasteiger partial charge >= 0.3 is 0 Å². The van der Waals surface area contributed by atoms with E-state index in [1.54, 1.807) is 0 Å². The molecular formula is C45H32N2S. The molecule has 0 radical (unpaired) electrons. The van der Waals surface area contributed by atoms with E-state index in [0.29, 0.717) is 0 Å². The maximum Gasteiger partial charge on any atom is 0.0541 e. The van der Waals surface area contributed by atoms with Crippen LogP contribution >= 0.6 is 11.3 Å². The molecule has 0 saturated heterocycles. The van der Waals surface area contributed by atoms with Crippen LogP contribution in [0, 0.1) is 0 Å². The van der Waals surface area contributed by atoms with E-state index in [1.807, 2.05) is 11.3 Å². The number of benzene rings is 7. The molecular weight excluding hydrogens is 601 g/mol. The van der Waals surface area contributed by atoms with Crippen LogP contribution in [0.4, 0.5) is 17.1 Å². The number of aromatic nitrogens is 1. The second kappa shape index (κ2) is 10.2. The Labute approximate surface area is 283 Å². The first-order chi connectivity index (χ1) is 23.6. The monoisotopic (exact) mass is 632 g/mol. The van der Waals surface area contributed by atoms with Gasteiger partial charge in [0.2, 0.25) is 0 Å². The molecule has 0 unspecified atom stereocenters. The molecule has 48 heavy (non-hydrogen) atoms. The molecule has 1 aliphatic carbocycles. The first kappa shape index (κ1) is 27.5. The van der Waals surface area contributed by atoms with Crippen molar-refractivity contribution in [2.45, 2.75) is 19.3 Å². The second-order valence-electron chi connectivity index (χ2n) is 13.4. The van der Waals surface area contributed by atoms with Crippen molar-refractivity contribution in [3.05, 3.63) is 169 Å². The van der Waals surface area contributed by atoms with E-state index in [4.69, 9.17) is 0 Å². The predicted octanol–water partition coefficient (Wildman–Crippen LogP) is 12.9. The van der Waals surface area contributed by atoms with Gasteiger partial charge in [0.25, 0.3) is 0 Å². The number of para-hydroxylation sites is 3. The molecule has 0 N–H and O–H groups in total. The summed E-state index contributed by atoms with van der Waals surface area (Å²) in [6.07, 6.45) is 0. The van der Waals surface area contributed by atoms with Crippen molar-refractivity contribution in [2.75, 3.05) is 4.90 Å². The van der Waals surface area contributed by atoms with Crippen molar-refractivity contribution in [2.24, 2.45) is 0 Å². The third-order valence-corrected chi connectivity index (χ3v) is 11.5. The highest BCUT2D eigenvalue weighted by Crippen LogP contribution is 2.51. The number of hydrogen-bond acceptors (Lipinski definition) is 2. The molecule has 2 nitrogen and oxygen atoms in total. The van der Waals surface area contributed by atoms with Crippen LogP contribution in [0.15, 0.2) is 158 Å². The van der Waals surface area contributed by atoms with E-state index in [1.165, 1.54) is 69.9 Å². The van der Waals surface area contributed by atoms with Gasteiger partial charge in [0.1, 0.15) is 0 Å². The molecule has 0 spiro atoms. The number of thiophene rings is 1. The highest BCUT2D eigenvalue weighted by molar-refractivity contribution is 7.25. The van der Waals surface area contributed by atoms with Crippen LogP contribution in [0.2, 0.25) is 0 Å². The molecule has 1 aliphatic rings. The summed E-state index contributed by atoms with van der Waals surface area (Å²) in [5.41, 5.74) is 12.5. The molecule has 0 fully saturated rings.